The van der Waals surface area contributed by atoms with Gasteiger partial charge >= 0.3 is 0 Å². The van der Waals surface area contributed by atoms with Crippen LogP contribution < -0.4 is 5.32 Å². The molecule has 0 radical (unpaired) electrons. The van der Waals surface area contributed by atoms with Gasteiger partial charge in [-0.3, -0.25) is 4.99 Å². The van der Waals surface area contributed by atoms with Gasteiger partial charge in [0.1, 0.15) is 11.4 Å². The third-order valence-corrected chi connectivity index (χ3v) is 2.70. The number of likely N-dealkylation sites (N-methyl/N-ethyl adjacent to an activating group) is 1. The van der Waals surface area contributed by atoms with Crippen molar-refractivity contribution in [1.29, 1.82) is 0 Å². The maximum absolute atomic E-state index is 10.2. The molecule has 1 aliphatic rings. The minimum absolute atomic E-state index is 0. The summed E-state index contributed by atoms with van der Waals surface area (Å²) in [5.41, 5.74) is -1.02. The molecular formula is C11H18IN3O2. The molecule has 5 nitrogen and oxygen atoms in total. The molecule has 96 valence electrons. The summed E-state index contributed by atoms with van der Waals surface area (Å²) in [6.07, 6.45) is 1.56. The second kappa shape index (κ2) is 5.72. The molecule has 1 unspecified atom stereocenters. The SMILES string of the molecule is CN1CCN=C1NCC(C)(O)c1ccco1.I. The van der Waals surface area contributed by atoms with Gasteiger partial charge in [-0.1, -0.05) is 0 Å². The lowest BCUT2D eigenvalue weighted by Crippen LogP contribution is -2.43. The van der Waals surface area contributed by atoms with E-state index in [1.807, 2.05) is 11.9 Å². The van der Waals surface area contributed by atoms with Gasteiger partial charge in [0.2, 0.25) is 0 Å². The predicted molar refractivity (Wildman–Crippen MR) is 76.6 cm³/mol. The van der Waals surface area contributed by atoms with Gasteiger partial charge in [-0.05, 0) is 19.1 Å². The highest BCUT2D eigenvalue weighted by atomic mass is 127. The monoisotopic (exact) mass is 351 g/mol. The molecule has 0 saturated carbocycles. The maximum Gasteiger partial charge on any atom is 0.193 e. The number of hydrogen-bond donors (Lipinski definition) is 2. The Kier molecular flexibility index (Phi) is 4.81. The molecule has 6 heteroatoms. The van der Waals surface area contributed by atoms with Crippen molar-refractivity contribution in [3.63, 3.8) is 0 Å². The van der Waals surface area contributed by atoms with Gasteiger partial charge in [-0.25, -0.2) is 0 Å². The Hall–Kier alpha value is -0.760. The van der Waals surface area contributed by atoms with E-state index in [0.717, 1.165) is 19.0 Å². The summed E-state index contributed by atoms with van der Waals surface area (Å²) in [4.78, 5) is 6.32. The van der Waals surface area contributed by atoms with Crippen molar-refractivity contribution in [3.8, 4) is 0 Å². The molecule has 2 N–H and O–H groups in total. The van der Waals surface area contributed by atoms with Crippen LogP contribution >= 0.6 is 24.0 Å². The van der Waals surface area contributed by atoms with E-state index in [-0.39, 0.29) is 24.0 Å². The molecule has 0 aromatic carbocycles. The number of rotatable bonds is 3. The molecule has 1 aromatic heterocycles. The lowest BCUT2D eigenvalue weighted by molar-refractivity contribution is 0.0382. The molecule has 0 bridgehead atoms. The molecular weight excluding hydrogens is 333 g/mol. The summed E-state index contributed by atoms with van der Waals surface area (Å²) in [6.45, 7) is 3.82. The Morgan fingerprint density at radius 1 is 1.65 bits per heavy atom. The number of aliphatic hydroxyl groups is 1. The number of nitrogens with one attached hydrogen (secondary N) is 1. The minimum atomic E-state index is -1.02. The van der Waals surface area contributed by atoms with E-state index in [2.05, 4.69) is 10.3 Å². The Balaban J connectivity index is 0.00000144. The summed E-state index contributed by atoms with van der Waals surface area (Å²) in [5.74, 6) is 1.38. The number of aliphatic imine (C=N–C) groups is 1. The van der Waals surface area contributed by atoms with Crippen LogP contribution in [0.1, 0.15) is 12.7 Å². The van der Waals surface area contributed by atoms with Crippen LogP contribution in [0.5, 0.6) is 0 Å². The Morgan fingerprint density at radius 2 is 2.41 bits per heavy atom. The molecule has 0 aliphatic carbocycles. The van der Waals surface area contributed by atoms with Gasteiger partial charge in [0, 0.05) is 13.6 Å². The molecule has 1 aliphatic heterocycles. The smallest absolute Gasteiger partial charge is 0.193 e. The Morgan fingerprint density at radius 3 is 2.94 bits per heavy atom. The molecule has 0 spiro atoms. The zero-order valence-electron chi connectivity index (χ0n) is 10.0. The first-order valence-electron chi connectivity index (χ1n) is 5.35. The Bertz CT molecular complexity index is 376. The minimum Gasteiger partial charge on any atom is -0.466 e. The van der Waals surface area contributed by atoms with Crippen LogP contribution in [0.15, 0.2) is 27.8 Å². The summed E-state index contributed by atoms with van der Waals surface area (Å²) in [5, 5.41) is 13.3. The van der Waals surface area contributed by atoms with Crippen LogP contribution in [0.3, 0.4) is 0 Å². The summed E-state index contributed by atoms with van der Waals surface area (Å²) in [6, 6.07) is 3.53. The van der Waals surface area contributed by atoms with Crippen molar-refractivity contribution in [1.82, 2.24) is 10.2 Å². The van der Waals surface area contributed by atoms with E-state index in [9.17, 15) is 5.11 Å². The lowest BCUT2D eigenvalue weighted by Gasteiger charge is -2.23. The van der Waals surface area contributed by atoms with Crippen molar-refractivity contribution >= 4 is 29.9 Å². The zero-order chi connectivity index (χ0) is 11.6. The van der Waals surface area contributed by atoms with Gasteiger partial charge in [0.15, 0.2) is 5.96 Å². The third kappa shape index (κ3) is 3.35. The van der Waals surface area contributed by atoms with E-state index in [4.69, 9.17) is 4.42 Å². The van der Waals surface area contributed by atoms with Crippen LogP contribution in [-0.2, 0) is 5.60 Å². The lowest BCUT2D eigenvalue weighted by atomic mass is 10.0. The normalized spacial score (nSPS) is 18.3. The predicted octanol–water partition coefficient (Wildman–Crippen LogP) is 0.996. The molecule has 17 heavy (non-hydrogen) atoms. The number of guanidine groups is 1. The fraction of sp³-hybridized carbons (Fsp3) is 0.545. The molecule has 1 atom stereocenters. The fourth-order valence-electron chi connectivity index (χ4n) is 1.65. The van der Waals surface area contributed by atoms with E-state index < -0.39 is 5.60 Å². The van der Waals surface area contributed by atoms with Crippen molar-refractivity contribution in [2.75, 3.05) is 26.7 Å². The molecule has 0 saturated heterocycles. The summed E-state index contributed by atoms with van der Waals surface area (Å²) < 4.78 is 5.20. The van der Waals surface area contributed by atoms with Gasteiger partial charge in [0.05, 0.1) is 19.4 Å². The molecule has 0 fully saturated rings. The second-order valence-electron chi connectivity index (χ2n) is 4.23. The van der Waals surface area contributed by atoms with Crippen LogP contribution in [-0.4, -0.2) is 42.6 Å². The maximum atomic E-state index is 10.2. The van der Waals surface area contributed by atoms with Crippen molar-refractivity contribution in [3.05, 3.63) is 24.2 Å². The average molecular weight is 351 g/mol. The average Bonchev–Trinajstić information content (AvgIpc) is 2.85. The van der Waals surface area contributed by atoms with E-state index in [1.54, 1.807) is 25.3 Å². The molecule has 0 amide bonds. The number of nitrogens with zero attached hydrogens (tertiary/aromatic N) is 2. The van der Waals surface area contributed by atoms with Gasteiger partial charge in [-0.15, -0.1) is 24.0 Å². The highest BCUT2D eigenvalue weighted by Gasteiger charge is 2.27. The van der Waals surface area contributed by atoms with Crippen molar-refractivity contribution in [2.24, 2.45) is 4.99 Å². The van der Waals surface area contributed by atoms with Crippen LogP contribution in [0.2, 0.25) is 0 Å². The largest absolute Gasteiger partial charge is 0.466 e. The number of furan rings is 1. The fourth-order valence-corrected chi connectivity index (χ4v) is 1.65. The van der Waals surface area contributed by atoms with E-state index >= 15 is 0 Å². The first kappa shape index (κ1) is 14.3. The first-order valence-corrected chi connectivity index (χ1v) is 5.35. The molecule has 2 rings (SSSR count). The van der Waals surface area contributed by atoms with Crippen LogP contribution in [0.4, 0.5) is 0 Å². The van der Waals surface area contributed by atoms with Gasteiger partial charge < -0.3 is 19.7 Å². The number of halogens is 1. The van der Waals surface area contributed by atoms with E-state index in [1.165, 1.54) is 0 Å². The Labute approximate surface area is 118 Å². The van der Waals surface area contributed by atoms with Gasteiger partial charge in [0.25, 0.3) is 0 Å². The standard InChI is InChI=1S/C11H17N3O2.HI/c1-11(15,9-4-3-7-16-9)8-13-10-12-5-6-14(10)2;/h3-4,7,15H,5-6,8H2,1-2H3,(H,12,13);1H. The van der Waals surface area contributed by atoms with Crippen LogP contribution in [0, 0.1) is 0 Å². The first-order chi connectivity index (χ1) is 7.59. The highest BCUT2D eigenvalue weighted by Crippen LogP contribution is 2.19. The van der Waals surface area contributed by atoms with Crippen molar-refractivity contribution < 1.29 is 9.52 Å². The number of hydrogen-bond acceptors (Lipinski definition) is 5. The topological polar surface area (TPSA) is 61.0 Å². The second-order valence-corrected chi connectivity index (χ2v) is 4.23. The summed E-state index contributed by atoms with van der Waals surface area (Å²) >= 11 is 0. The molecule has 1 aromatic rings. The quantitative estimate of drug-likeness (QED) is 0.798. The highest BCUT2D eigenvalue weighted by molar-refractivity contribution is 14.0. The third-order valence-electron chi connectivity index (χ3n) is 2.70. The zero-order valence-corrected chi connectivity index (χ0v) is 12.3. The van der Waals surface area contributed by atoms with Gasteiger partial charge in [-0.2, -0.15) is 0 Å². The summed E-state index contributed by atoms with van der Waals surface area (Å²) in [7, 11) is 1.97. The van der Waals surface area contributed by atoms with Crippen molar-refractivity contribution in [2.45, 2.75) is 12.5 Å². The van der Waals surface area contributed by atoms with Crippen LogP contribution in [0.25, 0.3) is 0 Å². The molecule has 2 heterocycles. The van der Waals surface area contributed by atoms with E-state index in [0.29, 0.717) is 12.3 Å².